The Balaban J connectivity index is -0.000000754. The van der Waals surface area contributed by atoms with Crippen LogP contribution in [-0.4, -0.2) is 38.3 Å². The maximum absolute atomic E-state index is 12.3. The van der Waals surface area contributed by atoms with Crippen LogP contribution in [-0.2, 0) is 21.1 Å². The van der Waals surface area contributed by atoms with Gasteiger partial charge in [0, 0.05) is 0 Å². The number of aliphatic carboxylic acids is 1. The Kier molecular flexibility index (Phi) is 23.7. The van der Waals surface area contributed by atoms with Crippen LogP contribution in [0.2, 0.25) is 0 Å². The third-order valence-electron chi connectivity index (χ3n) is 3.83. The second-order valence-electron chi connectivity index (χ2n) is 5.53. The van der Waals surface area contributed by atoms with Gasteiger partial charge in [0.05, 0.1) is 17.1 Å². The number of nitrogens with one attached hydrogen (secondary N) is 1. The highest BCUT2D eigenvalue weighted by Gasteiger charge is 2.19. The first-order valence-corrected chi connectivity index (χ1v) is 12.9. The monoisotopic (exact) mass is 431 g/mol. The van der Waals surface area contributed by atoms with Gasteiger partial charge in [-0.25, -0.2) is 8.42 Å². The lowest BCUT2D eigenvalue weighted by Gasteiger charge is -2.22. The van der Waals surface area contributed by atoms with E-state index < -0.39 is 15.8 Å². The van der Waals surface area contributed by atoms with Gasteiger partial charge in [0.25, 0.3) is 0 Å². The SMILES string of the molecule is CC.CC.CC.CC.O=C(O)Cc1ccc(S(=O)(=O)CCC2CCCNC2)cc1. The molecular formula is C23H45NO4S. The Morgan fingerprint density at radius 2 is 1.52 bits per heavy atom. The zero-order valence-corrected chi connectivity index (χ0v) is 20.7. The number of carbonyl (C=O) groups is 1. The molecule has 1 fully saturated rings. The van der Waals surface area contributed by atoms with Crippen molar-refractivity contribution in [1.29, 1.82) is 0 Å². The van der Waals surface area contributed by atoms with E-state index in [-0.39, 0.29) is 17.1 Å². The topological polar surface area (TPSA) is 83.5 Å². The Morgan fingerprint density at radius 3 is 1.93 bits per heavy atom. The molecule has 0 radical (unpaired) electrons. The lowest BCUT2D eigenvalue weighted by atomic mass is 9.97. The molecule has 29 heavy (non-hydrogen) atoms. The molecule has 1 unspecified atom stereocenters. The van der Waals surface area contributed by atoms with E-state index in [1.807, 2.05) is 55.4 Å². The van der Waals surface area contributed by atoms with Gasteiger partial charge in [0.2, 0.25) is 0 Å². The molecule has 0 aliphatic carbocycles. The highest BCUT2D eigenvalue weighted by molar-refractivity contribution is 7.91. The van der Waals surface area contributed by atoms with Gasteiger partial charge in [-0.3, -0.25) is 4.79 Å². The van der Waals surface area contributed by atoms with Crippen molar-refractivity contribution in [2.45, 2.75) is 86.0 Å². The van der Waals surface area contributed by atoms with Crippen molar-refractivity contribution < 1.29 is 18.3 Å². The van der Waals surface area contributed by atoms with Crippen LogP contribution in [0, 0.1) is 5.92 Å². The van der Waals surface area contributed by atoms with Crippen LogP contribution in [0.1, 0.15) is 80.2 Å². The molecule has 1 aliphatic rings. The van der Waals surface area contributed by atoms with Gasteiger partial charge < -0.3 is 10.4 Å². The molecule has 1 heterocycles. The van der Waals surface area contributed by atoms with E-state index in [1.165, 1.54) is 12.1 Å². The van der Waals surface area contributed by atoms with Gasteiger partial charge >= 0.3 is 5.97 Å². The van der Waals surface area contributed by atoms with Gasteiger partial charge in [-0.2, -0.15) is 0 Å². The average Bonchev–Trinajstić information content (AvgIpc) is 2.79. The largest absolute Gasteiger partial charge is 0.481 e. The number of carboxylic acid groups (broad SMARTS) is 1. The maximum Gasteiger partial charge on any atom is 0.307 e. The summed E-state index contributed by atoms with van der Waals surface area (Å²) in [6, 6.07) is 6.16. The lowest BCUT2D eigenvalue weighted by Crippen LogP contribution is -2.30. The summed E-state index contributed by atoms with van der Waals surface area (Å²) in [5.74, 6) is -0.340. The molecule has 1 aromatic carbocycles. The molecule has 2 rings (SSSR count). The smallest absolute Gasteiger partial charge is 0.307 e. The third kappa shape index (κ3) is 15.1. The molecule has 0 spiro atoms. The van der Waals surface area contributed by atoms with E-state index in [0.29, 0.717) is 17.9 Å². The summed E-state index contributed by atoms with van der Waals surface area (Å²) >= 11 is 0. The summed E-state index contributed by atoms with van der Waals surface area (Å²) in [7, 11) is -3.28. The van der Waals surface area contributed by atoms with Gasteiger partial charge in [0.1, 0.15) is 0 Å². The van der Waals surface area contributed by atoms with Crippen molar-refractivity contribution in [1.82, 2.24) is 5.32 Å². The Hall–Kier alpha value is -1.40. The van der Waals surface area contributed by atoms with Crippen molar-refractivity contribution in [2.75, 3.05) is 18.8 Å². The Morgan fingerprint density at radius 1 is 1.00 bits per heavy atom. The minimum atomic E-state index is -3.28. The Labute approximate surface area is 180 Å². The second-order valence-corrected chi connectivity index (χ2v) is 7.64. The number of benzene rings is 1. The van der Waals surface area contributed by atoms with E-state index in [2.05, 4.69) is 5.32 Å². The first kappa shape index (κ1) is 32.3. The zero-order chi connectivity index (χ0) is 23.3. The lowest BCUT2D eigenvalue weighted by molar-refractivity contribution is -0.136. The maximum atomic E-state index is 12.3. The minimum Gasteiger partial charge on any atom is -0.481 e. The normalized spacial score (nSPS) is 14.8. The predicted molar refractivity (Wildman–Crippen MR) is 125 cm³/mol. The van der Waals surface area contributed by atoms with Gasteiger partial charge in [-0.1, -0.05) is 67.5 Å². The number of hydrogen-bond donors (Lipinski definition) is 2. The van der Waals surface area contributed by atoms with Crippen LogP contribution in [0.5, 0.6) is 0 Å². The molecule has 0 aromatic heterocycles. The summed E-state index contributed by atoms with van der Waals surface area (Å²) in [6.45, 7) is 17.9. The first-order valence-electron chi connectivity index (χ1n) is 11.2. The van der Waals surface area contributed by atoms with E-state index in [1.54, 1.807) is 12.1 Å². The number of sulfone groups is 1. The fraction of sp³-hybridized carbons (Fsp3) is 0.696. The zero-order valence-electron chi connectivity index (χ0n) is 19.9. The van der Waals surface area contributed by atoms with Crippen LogP contribution >= 0.6 is 0 Å². The van der Waals surface area contributed by atoms with Gasteiger partial charge in [0.15, 0.2) is 9.84 Å². The molecule has 1 atom stereocenters. The molecule has 6 heteroatoms. The number of hydrogen-bond acceptors (Lipinski definition) is 4. The molecule has 0 saturated carbocycles. The molecule has 1 saturated heterocycles. The molecule has 0 bridgehead atoms. The quantitative estimate of drug-likeness (QED) is 0.614. The van der Waals surface area contributed by atoms with Gasteiger partial charge in [-0.15, -0.1) is 0 Å². The van der Waals surface area contributed by atoms with Crippen LogP contribution in [0.4, 0.5) is 0 Å². The molecule has 172 valence electrons. The predicted octanol–water partition coefficient (Wildman–Crippen LogP) is 5.58. The van der Waals surface area contributed by atoms with E-state index in [9.17, 15) is 13.2 Å². The van der Waals surface area contributed by atoms with Crippen LogP contribution in [0.25, 0.3) is 0 Å². The second kappa shape index (κ2) is 21.3. The van der Waals surface area contributed by atoms with Crippen LogP contribution in [0.15, 0.2) is 29.2 Å². The van der Waals surface area contributed by atoms with Crippen molar-refractivity contribution in [3.05, 3.63) is 29.8 Å². The van der Waals surface area contributed by atoms with Crippen molar-refractivity contribution in [2.24, 2.45) is 5.92 Å². The number of piperidine rings is 1. The van der Waals surface area contributed by atoms with Crippen molar-refractivity contribution in [3.8, 4) is 0 Å². The van der Waals surface area contributed by atoms with E-state index in [4.69, 9.17) is 5.11 Å². The molecule has 2 N–H and O–H groups in total. The van der Waals surface area contributed by atoms with Crippen LogP contribution in [0.3, 0.4) is 0 Å². The molecular weight excluding hydrogens is 386 g/mol. The summed E-state index contributed by atoms with van der Waals surface area (Å²) in [5, 5.41) is 12.0. The highest BCUT2D eigenvalue weighted by Crippen LogP contribution is 2.19. The highest BCUT2D eigenvalue weighted by atomic mass is 32.2. The average molecular weight is 432 g/mol. The number of rotatable bonds is 6. The summed E-state index contributed by atoms with van der Waals surface area (Å²) in [4.78, 5) is 10.9. The summed E-state index contributed by atoms with van der Waals surface area (Å²) < 4.78 is 24.5. The van der Waals surface area contributed by atoms with Crippen molar-refractivity contribution in [3.63, 3.8) is 0 Å². The summed E-state index contributed by atoms with van der Waals surface area (Å²) in [5.41, 5.74) is 0.609. The van der Waals surface area contributed by atoms with Crippen molar-refractivity contribution >= 4 is 15.8 Å². The van der Waals surface area contributed by atoms with E-state index >= 15 is 0 Å². The molecule has 5 nitrogen and oxygen atoms in total. The first-order chi connectivity index (χ1) is 14.0. The fourth-order valence-corrected chi connectivity index (χ4v) is 4.03. The minimum absolute atomic E-state index is 0.0892. The molecule has 1 aliphatic heterocycles. The summed E-state index contributed by atoms with van der Waals surface area (Å²) in [6.07, 6.45) is 2.77. The van der Waals surface area contributed by atoms with E-state index in [0.717, 1.165) is 25.9 Å². The Bertz CT molecular complexity index is 577. The molecule has 0 amide bonds. The third-order valence-corrected chi connectivity index (χ3v) is 5.60. The fourth-order valence-electron chi connectivity index (χ4n) is 2.60. The standard InChI is InChI=1S/C15H21NO4S.4C2H6/c17-15(18)10-12-3-5-14(6-4-12)21(19,20)9-7-13-2-1-8-16-11-13;4*1-2/h3-6,13,16H,1-2,7-11H2,(H,17,18);4*1-2H3. The van der Waals surface area contributed by atoms with Crippen LogP contribution < -0.4 is 5.32 Å². The molecule has 1 aromatic rings. The number of carboxylic acids is 1. The van der Waals surface area contributed by atoms with Gasteiger partial charge in [-0.05, 0) is 56.0 Å².